The molecule has 0 aliphatic rings. The molecule has 0 aliphatic carbocycles. The molecule has 0 unspecified atom stereocenters. The lowest BCUT2D eigenvalue weighted by molar-refractivity contribution is 0.221. The van der Waals surface area contributed by atoms with Crippen molar-refractivity contribution >= 4 is 0 Å². The van der Waals surface area contributed by atoms with E-state index in [-0.39, 0.29) is 0 Å². The molecule has 0 N–H and O–H groups in total. The van der Waals surface area contributed by atoms with Gasteiger partial charge >= 0.3 is 0 Å². The monoisotopic (exact) mass is 142 g/mol. The van der Waals surface area contributed by atoms with Crippen molar-refractivity contribution in [3.63, 3.8) is 0 Å². The second-order valence-corrected chi connectivity index (χ2v) is 3.70. The first-order valence-electron chi connectivity index (χ1n) is 3.79. The molecule has 0 radical (unpaired) electrons. The highest BCUT2D eigenvalue weighted by atomic mass is 16.5. The molecule has 0 fully saturated rings. The molecule has 0 aromatic heterocycles. The zero-order valence-corrected chi connectivity index (χ0v) is 7.31. The Bertz CT molecular complexity index is 89.4. The highest BCUT2D eigenvalue weighted by Gasteiger charge is 2.08. The lowest BCUT2D eigenvalue weighted by Gasteiger charge is -2.16. The van der Waals surface area contributed by atoms with Gasteiger partial charge in [-0.25, -0.2) is 0 Å². The Hall–Kier alpha value is -0.460. The molecule has 0 heterocycles. The van der Waals surface area contributed by atoms with Crippen LogP contribution in [0.1, 0.15) is 33.6 Å². The number of rotatable bonds is 4. The molecule has 0 saturated carbocycles. The van der Waals surface area contributed by atoms with E-state index >= 15 is 0 Å². The van der Waals surface area contributed by atoms with Crippen LogP contribution in [-0.4, -0.2) is 6.61 Å². The number of hydrogen-bond donors (Lipinski definition) is 0. The van der Waals surface area contributed by atoms with E-state index in [2.05, 4.69) is 27.4 Å². The smallest absolute Gasteiger partial charge is 0.0873 e. The number of hydrogen-bond acceptors (Lipinski definition) is 1. The largest absolute Gasteiger partial charge is 0.502 e. The topological polar surface area (TPSA) is 9.23 Å². The second-order valence-electron chi connectivity index (χ2n) is 3.70. The summed E-state index contributed by atoms with van der Waals surface area (Å²) in [5, 5.41) is 0. The van der Waals surface area contributed by atoms with E-state index in [0.717, 1.165) is 13.0 Å². The van der Waals surface area contributed by atoms with Gasteiger partial charge in [0.1, 0.15) is 0 Å². The maximum atomic E-state index is 4.99. The quantitative estimate of drug-likeness (QED) is 0.433. The van der Waals surface area contributed by atoms with Crippen LogP contribution in [0.3, 0.4) is 0 Å². The Labute approximate surface area is 64.1 Å². The standard InChI is InChI=1S/C9H18O/c1-5-10-8-6-7-9(2,3)4/h5H,1,6-8H2,2-4H3. The average molecular weight is 142 g/mol. The van der Waals surface area contributed by atoms with Crippen molar-refractivity contribution in [1.82, 2.24) is 0 Å². The van der Waals surface area contributed by atoms with Crippen LogP contribution in [0.15, 0.2) is 12.8 Å². The third kappa shape index (κ3) is 7.54. The van der Waals surface area contributed by atoms with Crippen molar-refractivity contribution in [3.8, 4) is 0 Å². The molecule has 0 rings (SSSR count). The molecular formula is C9H18O. The van der Waals surface area contributed by atoms with Gasteiger partial charge in [-0.15, -0.1) is 0 Å². The van der Waals surface area contributed by atoms with Gasteiger partial charge in [0.15, 0.2) is 0 Å². The lowest BCUT2D eigenvalue weighted by Crippen LogP contribution is -2.05. The molecule has 0 saturated heterocycles. The third-order valence-electron chi connectivity index (χ3n) is 1.31. The number of ether oxygens (including phenoxy) is 1. The first-order chi connectivity index (χ1) is 4.56. The zero-order valence-electron chi connectivity index (χ0n) is 7.31. The van der Waals surface area contributed by atoms with E-state index in [0.29, 0.717) is 5.41 Å². The SMILES string of the molecule is C=COCCCC(C)(C)C. The van der Waals surface area contributed by atoms with Crippen LogP contribution in [-0.2, 0) is 4.74 Å². The van der Waals surface area contributed by atoms with E-state index in [4.69, 9.17) is 4.74 Å². The summed E-state index contributed by atoms with van der Waals surface area (Å²) >= 11 is 0. The van der Waals surface area contributed by atoms with Crippen LogP contribution in [0.5, 0.6) is 0 Å². The highest BCUT2D eigenvalue weighted by molar-refractivity contribution is 4.61. The summed E-state index contributed by atoms with van der Waals surface area (Å²) in [6, 6.07) is 0. The minimum Gasteiger partial charge on any atom is -0.502 e. The summed E-state index contributed by atoms with van der Waals surface area (Å²) in [7, 11) is 0. The van der Waals surface area contributed by atoms with Crippen molar-refractivity contribution < 1.29 is 4.74 Å². The van der Waals surface area contributed by atoms with E-state index in [1.807, 2.05) is 0 Å². The molecule has 10 heavy (non-hydrogen) atoms. The first kappa shape index (κ1) is 9.54. The maximum Gasteiger partial charge on any atom is 0.0873 e. The van der Waals surface area contributed by atoms with Gasteiger partial charge in [0.25, 0.3) is 0 Å². The van der Waals surface area contributed by atoms with Crippen LogP contribution >= 0.6 is 0 Å². The van der Waals surface area contributed by atoms with E-state index < -0.39 is 0 Å². The molecule has 1 heteroatoms. The van der Waals surface area contributed by atoms with Crippen LogP contribution < -0.4 is 0 Å². The first-order valence-corrected chi connectivity index (χ1v) is 3.79. The van der Waals surface area contributed by atoms with E-state index in [1.54, 1.807) is 0 Å². The molecular weight excluding hydrogens is 124 g/mol. The van der Waals surface area contributed by atoms with Crippen molar-refractivity contribution in [2.24, 2.45) is 5.41 Å². The summed E-state index contributed by atoms with van der Waals surface area (Å²) in [4.78, 5) is 0. The molecule has 0 aliphatic heterocycles. The van der Waals surface area contributed by atoms with Gasteiger partial charge in [-0.1, -0.05) is 27.4 Å². The average Bonchev–Trinajstić information content (AvgIpc) is 1.78. The molecule has 1 nitrogen and oxygen atoms in total. The van der Waals surface area contributed by atoms with E-state index in [9.17, 15) is 0 Å². The maximum absolute atomic E-state index is 4.99. The van der Waals surface area contributed by atoms with Crippen molar-refractivity contribution in [1.29, 1.82) is 0 Å². The molecule has 0 aromatic rings. The highest BCUT2D eigenvalue weighted by Crippen LogP contribution is 2.20. The van der Waals surface area contributed by atoms with Gasteiger partial charge in [-0.3, -0.25) is 0 Å². The van der Waals surface area contributed by atoms with Crippen molar-refractivity contribution in [2.75, 3.05) is 6.61 Å². The Kier molecular flexibility index (Phi) is 4.17. The molecule has 0 atom stereocenters. The Balaban J connectivity index is 3.12. The Morgan fingerprint density at radius 1 is 1.40 bits per heavy atom. The Morgan fingerprint density at radius 2 is 2.00 bits per heavy atom. The fourth-order valence-electron chi connectivity index (χ4n) is 0.769. The summed E-state index contributed by atoms with van der Waals surface area (Å²) in [5.41, 5.74) is 0.435. The lowest BCUT2D eigenvalue weighted by atomic mass is 9.91. The third-order valence-corrected chi connectivity index (χ3v) is 1.31. The minimum absolute atomic E-state index is 0.435. The molecule has 60 valence electrons. The van der Waals surface area contributed by atoms with Gasteiger partial charge in [0, 0.05) is 0 Å². The van der Waals surface area contributed by atoms with Crippen LogP contribution in [0.2, 0.25) is 0 Å². The van der Waals surface area contributed by atoms with Crippen LogP contribution in [0, 0.1) is 5.41 Å². The predicted molar refractivity (Wildman–Crippen MR) is 44.8 cm³/mol. The fraction of sp³-hybridized carbons (Fsp3) is 0.778. The van der Waals surface area contributed by atoms with Crippen LogP contribution in [0.4, 0.5) is 0 Å². The summed E-state index contributed by atoms with van der Waals surface area (Å²) in [6.07, 6.45) is 3.83. The molecule has 0 bridgehead atoms. The van der Waals surface area contributed by atoms with Gasteiger partial charge in [-0.2, -0.15) is 0 Å². The van der Waals surface area contributed by atoms with Gasteiger partial charge in [0.2, 0.25) is 0 Å². The van der Waals surface area contributed by atoms with Crippen molar-refractivity contribution in [2.45, 2.75) is 33.6 Å². The van der Waals surface area contributed by atoms with Gasteiger partial charge in [0.05, 0.1) is 12.9 Å². The summed E-state index contributed by atoms with van der Waals surface area (Å²) < 4.78 is 4.99. The van der Waals surface area contributed by atoms with Gasteiger partial charge in [-0.05, 0) is 18.3 Å². The molecule has 0 amide bonds. The normalized spacial score (nSPS) is 11.1. The van der Waals surface area contributed by atoms with E-state index in [1.165, 1.54) is 12.7 Å². The Morgan fingerprint density at radius 3 is 2.40 bits per heavy atom. The summed E-state index contributed by atoms with van der Waals surface area (Å²) in [5.74, 6) is 0. The molecule has 0 aromatic carbocycles. The fourth-order valence-corrected chi connectivity index (χ4v) is 0.769. The van der Waals surface area contributed by atoms with Crippen molar-refractivity contribution in [3.05, 3.63) is 12.8 Å². The zero-order chi connectivity index (χ0) is 8.04. The second kappa shape index (κ2) is 4.37. The summed E-state index contributed by atoms with van der Waals surface area (Å²) in [6.45, 7) is 11.0. The minimum atomic E-state index is 0.435. The predicted octanol–water partition coefficient (Wildman–Crippen LogP) is 2.97. The van der Waals surface area contributed by atoms with Crippen LogP contribution in [0.25, 0.3) is 0 Å². The van der Waals surface area contributed by atoms with Gasteiger partial charge < -0.3 is 4.74 Å². The molecule has 0 spiro atoms.